The largest absolute Gasteiger partial charge is 0.348 e. The van der Waals surface area contributed by atoms with Gasteiger partial charge in [-0.25, -0.2) is 9.37 Å². The van der Waals surface area contributed by atoms with E-state index in [2.05, 4.69) is 28.7 Å². The molecule has 39 heavy (non-hydrogen) atoms. The maximum Gasteiger partial charge on any atom is 0.265 e. The zero-order valence-corrected chi connectivity index (χ0v) is 23.2. The van der Waals surface area contributed by atoms with Gasteiger partial charge in [0.25, 0.3) is 11.5 Å². The molecule has 1 aliphatic heterocycles. The maximum atomic E-state index is 14.1. The minimum Gasteiger partial charge on any atom is -0.348 e. The number of nitrogens with zero attached hydrogens (tertiary/aromatic N) is 4. The topological polar surface area (TPSA) is 89.2 Å². The number of aromatic nitrogens is 3. The normalized spacial score (nSPS) is 14.6. The van der Waals surface area contributed by atoms with Crippen LogP contribution in [0.2, 0.25) is 5.02 Å². The van der Waals surface area contributed by atoms with Crippen LogP contribution in [0.15, 0.2) is 41.3 Å². The van der Waals surface area contributed by atoms with Crippen molar-refractivity contribution in [3.8, 4) is 0 Å². The van der Waals surface area contributed by atoms with Gasteiger partial charge in [-0.05, 0) is 49.1 Å². The Morgan fingerprint density at radius 2 is 1.85 bits per heavy atom. The number of alkyl halides is 1. The first-order valence-electron chi connectivity index (χ1n) is 13.1. The van der Waals surface area contributed by atoms with Crippen molar-refractivity contribution in [3.05, 3.63) is 74.3 Å². The molecule has 1 saturated heterocycles. The van der Waals surface area contributed by atoms with E-state index in [1.54, 1.807) is 36.5 Å². The highest BCUT2D eigenvalue weighted by Gasteiger charge is 2.41. The van der Waals surface area contributed by atoms with Gasteiger partial charge in [-0.1, -0.05) is 37.6 Å². The molecule has 204 valence electrons. The van der Waals surface area contributed by atoms with Crippen molar-refractivity contribution in [2.24, 2.45) is 7.05 Å². The SMILES string of the molecule is CCc1c(CC)n(C)c2cnc3c(cc(C(=O)NCc4ccc(Cl)cc4)c(=O)n3CC(=O)N3CC(C)(F)C3)c12. The number of carbonyl (C=O) groups is 2. The van der Waals surface area contributed by atoms with Gasteiger partial charge in [0.05, 0.1) is 24.8 Å². The van der Waals surface area contributed by atoms with Crippen LogP contribution in [-0.4, -0.2) is 49.6 Å². The number of likely N-dealkylation sites (tertiary alicyclic amines) is 1. The Bertz CT molecular complexity index is 1670. The molecule has 1 aromatic carbocycles. The first-order chi connectivity index (χ1) is 18.5. The van der Waals surface area contributed by atoms with Crippen molar-refractivity contribution in [1.29, 1.82) is 0 Å². The Hall–Kier alpha value is -3.72. The van der Waals surface area contributed by atoms with Gasteiger partial charge in [-0.15, -0.1) is 0 Å². The summed E-state index contributed by atoms with van der Waals surface area (Å²) in [6.07, 6.45) is 3.26. The molecule has 5 rings (SSSR count). The fourth-order valence-electron chi connectivity index (χ4n) is 5.55. The number of nitrogens with one attached hydrogen (secondary N) is 1. The van der Waals surface area contributed by atoms with Gasteiger partial charge in [0.15, 0.2) is 0 Å². The minimum absolute atomic E-state index is 0.0318. The molecule has 0 atom stereocenters. The van der Waals surface area contributed by atoms with Crippen molar-refractivity contribution < 1.29 is 14.0 Å². The second kappa shape index (κ2) is 10.1. The number of aryl methyl sites for hydroxylation is 2. The van der Waals surface area contributed by atoms with Crippen LogP contribution in [0, 0.1) is 0 Å². The molecule has 10 heteroatoms. The van der Waals surface area contributed by atoms with E-state index >= 15 is 0 Å². The van der Waals surface area contributed by atoms with E-state index in [0.29, 0.717) is 16.1 Å². The van der Waals surface area contributed by atoms with E-state index in [4.69, 9.17) is 11.6 Å². The molecule has 0 radical (unpaired) electrons. The lowest BCUT2D eigenvalue weighted by molar-refractivity contribution is -0.144. The van der Waals surface area contributed by atoms with E-state index in [9.17, 15) is 18.8 Å². The Balaban J connectivity index is 1.64. The van der Waals surface area contributed by atoms with E-state index in [1.165, 1.54) is 16.4 Å². The average molecular weight is 552 g/mol. The summed E-state index contributed by atoms with van der Waals surface area (Å²) >= 11 is 5.96. The molecule has 4 heterocycles. The molecule has 0 aliphatic carbocycles. The molecule has 8 nitrogen and oxygen atoms in total. The van der Waals surface area contributed by atoms with Crippen molar-refractivity contribution in [3.63, 3.8) is 0 Å². The smallest absolute Gasteiger partial charge is 0.265 e. The fourth-order valence-corrected chi connectivity index (χ4v) is 5.68. The van der Waals surface area contributed by atoms with Gasteiger partial charge in [0, 0.05) is 35.1 Å². The minimum atomic E-state index is -1.44. The zero-order chi connectivity index (χ0) is 28.1. The van der Waals surface area contributed by atoms with E-state index in [-0.39, 0.29) is 31.7 Å². The number of halogens is 2. The van der Waals surface area contributed by atoms with Crippen molar-refractivity contribution in [1.82, 2.24) is 24.3 Å². The highest BCUT2D eigenvalue weighted by atomic mass is 35.5. The lowest BCUT2D eigenvalue weighted by Crippen LogP contribution is -2.60. The maximum absolute atomic E-state index is 14.1. The quantitative estimate of drug-likeness (QED) is 0.373. The second-order valence-corrected chi connectivity index (χ2v) is 10.8. The monoisotopic (exact) mass is 551 g/mol. The highest BCUT2D eigenvalue weighted by Crippen LogP contribution is 2.32. The molecule has 4 aromatic rings. The third-order valence-electron chi connectivity index (χ3n) is 7.50. The molecule has 0 saturated carbocycles. The van der Waals surface area contributed by atoms with Gasteiger partial charge < -0.3 is 14.8 Å². The summed E-state index contributed by atoms with van der Waals surface area (Å²) in [5, 5.41) is 4.94. The van der Waals surface area contributed by atoms with Crippen LogP contribution < -0.4 is 10.9 Å². The molecular formula is C29H31ClFN5O3. The first kappa shape index (κ1) is 26.9. The molecule has 0 unspecified atom stereocenters. The van der Waals surface area contributed by atoms with Crippen LogP contribution >= 0.6 is 11.6 Å². The van der Waals surface area contributed by atoms with Crippen LogP contribution in [0.1, 0.15) is 48.0 Å². The molecule has 1 N–H and O–H groups in total. The number of benzene rings is 1. The number of fused-ring (bicyclic) bond motifs is 3. The summed E-state index contributed by atoms with van der Waals surface area (Å²) in [4.78, 5) is 46.1. The molecule has 3 aromatic heterocycles. The van der Waals surface area contributed by atoms with Crippen LogP contribution in [0.4, 0.5) is 4.39 Å². The Labute approximate surface area is 230 Å². The number of hydrogen-bond donors (Lipinski definition) is 1. The highest BCUT2D eigenvalue weighted by molar-refractivity contribution is 6.30. The molecule has 0 spiro atoms. The van der Waals surface area contributed by atoms with E-state index < -0.39 is 23.0 Å². The van der Waals surface area contributed by atoms with E-state index in [1.807, 2.05) is 7.05 Å². The Morgan fingerprint density at radius 1 is 1.15 bits per heavy atom. The summed E-state index contributed by atoms with van der Waals surface area (Å²) in [7, 11) is 1.98. The van der Waals surface area contributed by atoms with Gasteiger partial charge in [-0.2, -0.15) is 0 Å². The number of pyridine rings is 2. The fraction of sp³-hybridized carbons (Fsp3) is 0.379. The molecule has 1 fully saturated rings. The Kier molecular flexibility index (Phi) is 6.97. The van der Waals surface area contributed by atoms with Gasteiger partial charge >= 0.3 is 0 Å². The third-order valence-corrected chi connectivity index (χ3v) is 7.75. The van der Waals surface area contributed by atoms with Crippen LogP contribution in [0.25, 0.3) is 21.9 Å². The summed E-state index contributed by atoms with van der Waals surface area (Å²) in [6.45, 7) is 5.39. The number of rotatable bonds is 7. The standard InChI is InChI=1S/C29H31ClFN5O3/c1-5-19-22(6-2)34(4)23-13-32-26-20(25(19)23)11-21(27(38)33-12-17-7-9-18(30)10-8-17)28(39)36(26)14-24(37)35-15-29(3,31)16-35/h7-11,13H,5-6,12,14-16H2,1-4H3,(H,33,38). The van der Waals surface area contributed by atoms with Crippen LogP contribution in [0.3, 0.4) is 0 Å². The van der Waals surface area contributed by atoms with E-state index in [0.717, 1.165) is 40.6 Å². The third kappa shape index (κ3) is 4.80. The second-order valence-electron chi connectivity index (χ2n) is 10.4. The van der Waals surface area contributed by atoms with Crippen molar-refractivity contribution in [2.75, 3.05) is 13.1 Å². The molecule has 0 bridgehead atoms. The number of carbonyl (C=O) groups excluding carboxylic acids is 2. The summed E-state index contributed by atoms with van der Waals surface area (Å²) in [6, 6.07) is 8.63. The lowest BCUT2D eigenvalue weighted by atomic mass is 9.99. The summed E-state index contributed by atoms with van der Waals surface area (Å²) < 4.78 is 17.4. The molecular weight excluding hydrogens is 521 g/mol. The summed E-state index contributed by atoms with van der Waals surface area (Å²) in [5.74, 6) is -0.952. The number of hydrogen-bond acceptors (Lipinski definition) is 4. The van der Waals surface area contributed by atoms with Crippen LogP contribution in [0.5, 0.6) is 0 Å². The summed E-state index contributed by atoms with van der Waals surface area (Å²) in [5.41, 5.74) is 2.15. The predicted octanol–water partition coefficient (Wildman–Crippen LogP) is 4.17. The number of amides is 2. The van der Waals surface area contributed by atoms with Crippen LogP contribution in [-0.2, 0) is 37.8 Å². The molecule has 1 aliphatic rings. The van der Waals surface area contributed by atoms with Crippen molar-refractivity contribution >= 4 is 45.4 Å². The van der Waals surface area contributed by atoms with Crippen molar-refractivity contribution in [2.45, 2.75) is 52.4 Å². The average Bonchev–Trinajstić information content (AvgIpc) is 3.18. The predicted molar refractivity (Wildman–Crippen MR) is 150 cm³/mol. The van der Waals surface area contributed by atoms with Gasteiger partial charge in [0.2, 0.25) is 5.91 Å². The lowest BCUT2D eigenvalue weighted by Gasteiger charge is -2.42. The van der Waals surface area contributed by atoms with Gasteiger partial charge in [0.1, 0.15) is 23.4 Å². The Morgan fingerprint density at radius 3 is 2.46 bits per heavy atom. The molecule has 2 amide bonds. The van der Waals surface area contributed by atoms with Gasteiger partial charge in [-0.3, -0.25) is 19.0 Å². The first-order valence-corrected chi connectivity index (χ1v) is 13.4. The zero-order valence-electron chi connectivity index (χ0n) is 22.5.